The molecule has 6 nitrogen and oxygen atoms in total. The molecule has 0 aliphatic rings. The highest BCUT2D eigenvalue weighted by atomic mass is 16.3. The first-order chi connectivity index (χ1) is 26.5. The number of rotatable bonds is 43. The third kappa shape index (κ3) is 36.4. The van der Waals surface area contributed by atoms with E-state index in [1.54, 1.807) is 0 Å². The molecule has 0 rings (SSSR count). The summed E-state index contributed by atoms with van der Waals surface area (Å²) >= 11 is 0. The molecule has 0 heterocycles. The molecule has 0 bridgehead atoms. The molecular formula is C48H93NO5. The van der Waals surface area contributed by atoms with Crippen LogP contribution in [-0.4, -0.2) is 57.3 Å². The molecule has 0 aliphatic heterocycles. The van der Waals surface area contributed by atoms with Crippen molar-refractivity contribution in [2.24, 2.45) is 0 Å². The van der Waals surface area contributed by atoms with Crippen LogP contribution in [0.15, 0.2) is 24.3 Å². The zero-order valence-electron chi connectivity index (χ0n) is 36.0. The molecule has 0 saturated heterocycles. The maximum Gasteiger partial charge on any atom is 0.249 e. The lowest BCUT2D eigenvalue weighted by Crippen LogP contribution is -2.53. The van der Waals surface area contributed by atoms with Gasteiger partial charge in [0.05, 0.1) is 18.8 Å². The minimum Gasteiger partial charge on any atom is -0.394 e. The molecule has 0 spiro atoms. The normalized spacial score (nSPS) is 14.3. The van der Waals surface area contributed by atoms with Gasteiger partial charge in [0.1, 0.15) is 12.2 Å². The van der Waals surface area contributed by atoms with Crippen molar-refractivity contribution in [2.45, 2.75) is 269 Å². The van der Waals surface area contributed by atoms with Crippen molar-refractivity contribution in [2.75, 3.05) is 6.61 Å². The summed E-state index contributed by atoms with van der Waals surface area (Å²) in [6, 6.07) is -0.978. The highest BCUT2D eigenvalue weighted by Gasteiger charge is 2.28. The molecule has 1 amide bonds. The quantitative estimate of drug-likeness (QED) is 0.0314. The van der Waals surface area contributed by atoms with Crippen molar-refractivity contribution < 1.29 is 25.2 Å². The van der Waals surface area contributed by atoms with E-state index in [4.69, 9.17) is 0 Å². The molecule has 54 heavy (non-hydrogen) atoms. The predicted octanol–water partition coefficient (Wildman–Crippen LogP) is 12.7. The van der Waals surface area contributed by atoms with Crippen molar-refractivity contribution >= 4 is 5.91 Å². The Bertz CT molecular complexity index is 817. The zero-order chi connectivity index (χ0) is 39.6. The van der Waals surface area contributed by atoms with E-state index in [-0.39, 0.29) is 0 Å². The van der Waals surface area contributed by atoms with Crippen molar-refractivity contribution in [3.8, 4) is 0 Å². The Labute approximate surface area is 335 Å². The van der Waals surface area contributed by atoms with Crippen LogP contribution >= 0.6 is 0 Å². The minimum absolute atomic E-state index is 0.369. The third-order valence-corrected chi connectivity index (χ3v) is 11.2. The van der Waals surface area contributed by atoms with Crippen molar-refractivity contribution in [3.05, 3.63) is 24.3 Å². The Kier molecular flexibility index (Phi) is 42.0. The summed E-state index contributed by atoms with van der Waals surface area (Å²) < 4.78 is 0. The molecule has 5 N–H and O–H groups in total. The predicted molar refractivity (Wildman–Crippen MR) is 233 cm³/mol. The van der Waals surface area contributed by atoms with Gasteiger partial charge in [0, 0.05) is 0 Å². The van der Waals surface area contributed by atoms with Crippen LogP contribution in [0.1, 0.15) is 245 Å². The van der Waals surface area contributed by atoms with E-state index in [0.29, 0.717) is 12.8 Å². The van der Waals surface area contributed by atoms with Gasteiger partial charge in [-0.05, 0) is 44.9 Å². The largest absolute Gasteiger partial charge is 0.394 e. The Morgan fingerprint density at radius 3 is 1.19 bits per heavy atom. The smallest absolute Gasteiger partial charge is 0.249 e. The van der Waals surface area contributed by atoms with Crippen LogP contribution in [0.3, 0.4) is 0 Å². The van der Waals surface area contributed by atoms with Crippen LogP contribution < -0.4 is 5.32 Å². The number of nitrogens with one attached hydrogen (secondary N) is 1. The Balaban J connectivity index is 3.40. The number of aliphatic hydroxyl groups excluding tert-OH is 4. The number of amides is 1. The summed E-state index contributed by atoms with van der Waals surface area (Å²) in [4.78, 5) is 12.3. The van der Waals surface area contributed by atoms with Gasteiger partial charge < -0.3 is 25.7 Å². The van der Waals surface area contributed by atoms with Crippen LogP contribution in [-0.2, 0) is 4.79 Å². The van der Waals surface area contributed by atoms with Crippen LogP contribution in [0.2, 0.25) is 0 Å². The Hall–Kier alpha value is -1.21. The van der Waals surface area contributed by atoms with E-state index in [1.807, 2.05) is 6.92 Å². The molecule has 0 aromatic carbocycles. The summed E-state index contributed by atoms with van der Waals surface area (Å²) in [5.41, 5.74) is 0. The van der Waals surface area contributed by atoms with Gasteiger partial charge in [-0.1, -0.05) is 224 Å². The number of unbranched alkanes of at least 4 members (excludes halogenated alkanes) is 30. The maximum atomic E-state index is 12.3. The molecule has 4 unspecified atom stereocenters. The van der Waals surface area contributed by atoms with Crippen LogP contribution in [0.5, 0.6) is 0 Å². The average Bonchev–Trinajstić information content (AvgIpc) is 3.18. The molecule has 0 aromatic rings. The van der Waals surface area contributed by atoms with Crippen molar-refractivity contribution in [3.63, 3.8) is 0 Å². The van der Waals surface area contributed by atoms with Gasteiger partial charge in [0.25, 0.3) is 0 Å². The second kappa shape index (κ2) is 42.9. The first-order valence-electron chi connectivity index (χ1n) is 23.7. The van der Waals surface area contributed by atoms with Gasteiger partial charge in [-0.15, -0.1) is 0 Å². The first kappa shape index (κ1) is 52.8. The standard InChI is InChI=1S/C48H93NO5/c1-3-5-7-8-9-10-11-12-13-14-15-16-17-18-19-20-21-22-23-24-25-26-27-28-29-30-31-32-33-34-35-36-37-38-39-40-42-46(52)48(54)49-44(43-50)47(53)45(51)41-6-4-2/h19-20,22-23,44-47,50-53H,3-18,21,24-43H2,1-2H3,(H,49,54)/b20-19-,23-22-. The number of aliphatic hydroxyl groups is 4. The van der Waals surface area contributed by atoms with E-state index in [1.165, 1.54) is 180 Å². The molecule has 0 saturated carbocycles. The lowest BCUT2D eigenvalue weighted by Gasteiger charge is -2.27. The lowest BCUT2D eigenvalue weighted by atomic mass is 10.0. The van der Waals surface area contributed by atoms with E-state index in [0.717, 1.165) is 38.5 Å². The van der Waals surface area contributed by atoms with Gasteiger partial charge in [-0.2, -0.15) is 0 Å². The number of allylic oxidation sites excluding steroid dienone is 4. The van der Waals surface area contributed by atoms with Gasteiger partial charge >= 0.3 is 0 Å². The number of carbonyl (C=O) groups excluding carboxylic acids is 1. The van der Waals surface area contributed by atoms with Gasteiger partial charge in [0.15, 0.2) is 0 Å². The third-order valence-electron chi connectivity index (χ3n) is 11.2. The van der Waals surface area contributed by atoms with Gasteiger partial charge in [-0.3, -0.25) is 4.79 Å². The summed E-state index contributed by atoms with van der Waals surface area (Å²) in [5.74, 6) is -0.594. The summed E-state index contributed by atoms with van der Waals surface area (Å²) in [6.07, 6.45) is 50.9. The fraction of sp³-hybridized carbons (Fsp3) is 0.896. The highest BCUT2D eigenvalue weighted by molar-refractivity contribution is 5.80. The van der Waals surface area contributed by atoms with Crippen LogP contribution in [0.25, 0.3) is 0 Å². The van der Waals surface area contributed by atoms with Crippen LogP contribution in [0, 0.1) is 0 Å². The second-order valence-corrected chi connectivity index (χ2v) is 16.5. The van der Waals surface area contributed by atoms with Crippen molar-refractivity contribution in [1.29, 1.82) is 0 Å². The topological polar surface area (TPSA) is 110 Å². The molecule has 4 atom stereocenters. The molecule has 0 aromatic heterocycles. The molecule has 6 heteroatoms. The molecular weight excluding hydrogens is 671 g/mol. The minimum atomic E-state index is -1.25. The average molecular weight is 764 g/mol. The van der Waals surface area contributed by atoms with E-state index in [2.05, 4.69) is 36.5 Å². The molecule has 0 radical (unpaired) electrons. The number of hydrogen-bond acceptors (Lipinski definition) is 5. The van der Waals surface area contributed by atoms with E-state index in [9.17, 15) is 25.2 Å². The van der Waals surface area contributed by atoms with Crippen LogP contribution in [0.4, 0.5) is 0 Å². The van der Waals surface area contributed by atoms with E-state index >= 15 is 0 Å². The second-order valence-electron chi connectivity index (χ2n) is 16.5. The molecule has 0 fully saturated rings. The Morgan fingerprint density at radius 2 is 0.815 bits per heavy atom. The van der Waals surface area contributed by atoms with E-state index < -0.39 is 36.9 Å². The molecule has 320 valence electrons. The SMILES string of the molecule is CCCCCCCCCCCCCCC/C=C\C/C=C\CCCCCCCCCCCCCCCCCCC(O)C(=O)NC(CO)C(O)C(O)CCCC. The lowest BCUT2D eigenvalue weighted by molar-refractivity contribution is -0.132. The highest BCUT2D eigenvalue weighted by Crippen LogP contribution is 2.16. The summed E-state index contributed by atoms with van der Waals surface area (Å²) in [6.45, 7) is 3.80. The van der Waals surface area contributed by atoms with Gasteiger partial charge in [-0.25, -0.2) is 0 Å². The van der Waals surface area contributed by atoms with Crippen molar-refractivity contribution in [1.82, 2.24) is 5.32 Å². The first-order valence-corrected chi connectivity index (χ1v) is 23.7. The fourth-order valence-corrected chi connectivity index (χ4v) is 7.36. The molecule has 0 aliphatic carbocycles. The number of hydrogen-bond donors (Lipinski definition) is 5. The maximum absolute atomic E-state index is 12.3. The summed E-state index contributed by atoms with van der Waals surface area (Å²) in [7, 11) is 0. The van der Waals surface area contributed by atoms with Gasteiger partial charge in [0.2, 0.25) is 5.91 Å². The number of carbonyl (C=O) groups is 1. The fourth-order valence-electron chi connectivity index (χ4n) is 7.36. The Morgan fingerprint density at radius 1 is 0.463 bits per heavy atom. The summed E-state index contributed by atoms with van der Waals surface area (Å²) in [5, 5.41) is 42.5. The zero-order valence-corrected chi connectivity index (χ0v) is 36.0. The monoisotopic (exact) mass is 764 g/mol.